The Hall–Kier alpha value is -3.08. The van der Waals surface area contributed by atoms with Crippen LogP contribution in [0.4, 0.5) is 5.69 Å². The molecule has 0 bridgehead atoms. The van der Waals surface area contributed by atoms with Gasteiger partial charge < -0.3 is 9.47 Å². The highest BCUT2D eigenvalue weighted by Crippen LogP contribution is 2.34. The van der Waals surface area contributed by atoms with Gasteiger partial charge in [-0.15, -0.1) is 0 Å². The number of nitro benzene ring substituents is 1. The van der Waals surface area contributed by atoms with Crippen molar-refractivity contribution in [2.45, 2.75) is 33.4 Å². The highest BCUT2D eigenvalue weighted by Gasteiger charge is 2.34. The van der Waals surface area contributed by atoms with Gasteiger partial charge in [-0.25, -0.2) is 9.79 Å². The normalized spacial score (nSPS) is 14.7. The number of hydrogen-bond acceptors (Lipinski definition) is 8. The average Bonchev–Trinajstić information content (AvgIpc) is 3.26. The van der Waals surface area contributed by atoms with Gasteiger partial charge >= 0.3 is 5.97 Å². The van der Waals surface area contributed by atoms with Gasteiger partial charge in [0.15, 0.2) is 4.80 Å². The van der Waals surface area contributed by atoms with E-state index in [2.05, 4.69) is 50.2 Å². The van der Waals surface area contributed by atoms with Crippen LogP contribution >= 0.6 is 68.1 Å². The summed E-state index contributed by atoms with van der Waals surface area (Å²) in [6, 6.07) is 15.1. The first-order valence-electron chi connectivity index (χ1n) is 13.3. The number of ether oxygens (including phenoxy) is 2. The minimum Gasteiger partial charge on any atom is -0.487 e. The molecule has 1 atom stereocenters. The number of aromatic nitrogens is 1. The molecule has 0 fully saturated rings. The third-order valence-corrected chi connectivity index (χ3v) is 9.87. The van der Waals surface area contributed by atoms with Crippen LogP contribution in [0.15, 0.2) is 75.7 Å². The van der Waals surface area contributed by atoms with Gasteiger partial charge in [0.2, 0.25) is 0 Å². The Morgan fingerprint density at radius 3 is 2.52 bits per heavy atom. The number of allylic oxidation sites excluding steroid dienone is 1. The molecule has 5 rings (SSSR count). The van der Waals surface area contributed by atoms with E-state index in [0.717, 1.165) is 18.3 Å². The van der Waals surface area contributed by atoms with E-state index in [-0.39, 0.29) is 23.4 Å². The van der Waals surface area contributed by atoms with Crippen LogP contribution in [0.5, 0.6) is 5.75 Å². The number of thiazole rings is 1. The maximum Gasteiger partial charge on any atom is 0.338 e. The molecule has 1 aromatic heterocycles. The first kappa shape index (κ1) is 32.3. The Labute approximate surface area is 288 Å². The lowest BCUT2D eigenvalue weighted by molar-refractivity contribution is -0.385. The summed E-state index contributed by atoms with van der Waals surface area (Å²) in [7, 11) is 0. The van der Waals surface area contributed by atoms with Gasteiger partial charge in [-0.1, -0.05) is 53.3 Å². The van der Waals surface area contributed by atoms with Crippen molar-refractivity contribution in [3.8, 4) is 5.75 Å². The van der Waals surface area contributed by atoms with E-state index < -0.39 is 16.9 Å². The van der Waals surface area contributed by atoms with Crippen molar-refractivity contribution < 1.29 is 19.2 Å². The Morgan fingerprint density at radius 1 is 1.16 bits per heavy atom. The number of fused-ring (bicyclic) bond motifs is 1. The van der Waals surface area contributed by atoms with Crippen molar-refractivity contribution in [1.29, 1.82) is 0 Å². The number of nitrogens with zero attached hydrogens (tertiary/aromatic N) is 3. The maximum absolute atomic E-state index is 14.0. The van der Waals surface area contributed by atoms with Gasteiger partial charge in [-0.2, -0.15) is 0 Å². The van der Waals surface area contributed by atoms with Crippen LogP contribution in [0, 0.1) is 24.2 Å². The second-order valence-corrected chi connectivity index (χ2v) is 13.5. The summed E-state index contributed by atoms with van der Waals surface area (Å²) >= 11 is 11.9. The second-order valence-electron chi connectivity index (χ2n) is 9.80. The molecule has 4 aromatic rings. The van der Waals surface area contributed by atoms with Crippen LogP contribution in [0.1, 0.15) is 42.1 Å². The standard InChI is InChI=1S/C31H24ClI2N3O6S/c1-4-42-30(39)26-17(3)35-31-36(27(26)19-10-9-16(2)24(14-19)37(40)41)29(38)25(44-31)13-18-11-22(33)28(23(34)12-18)43-15-20-7-5-6-8-21(20)32/h5-14,27H,4,15H2,1-3H3/b25-13+/t27-/m1/s1. The fourth-order valence-electron chi connectivity index (χ4n) is 4.82. The summed E-state index contributed by atoms with van der Waals surface area (Å²) in [5, 5.41) is 12.4. The molecular formula is C31H24ClI2N3O6S. The van der Waals surface area contributed by atoms with Crippen LogP contribution in [0.2, 0.25) is 5.02 Å². The third kappa shape index (κ3) is 6.48. The van der Waals surface area contributed by atoms with Gasteiger partial charge in [0, 0.05) is 22.2 Å². The lowest BCUT2D eigenvalue weighted by atomic mass is 9.94. The fourth-order valence-corrected chi connectivity index (χ4v) is 8.18. The summed E-state index contributed by atoms with van der Waals surface area (Å²) in [4.78, 5) is 43.4. The molecule has 44 heavy (non-hydrogen) atoms. The van der Waals surface area contributed by atoms with Crippen molar-refractivity contribution in [2.75, 3.05) is 6.61 Å². The lowest BCUT2D eigenvalue weighted by Crippen LogP contribution is -2.40. The molecule has 0 unspecified atom stereocenters. The van der Waals surface area contributed by atoms with Gasteiger partial charge in [-0.05, 0) is 101 Å². The zero-order valence-electron chi connectivity index (χ0n) is 23.6. The highest BCUT2D eigenvalue weighted by molar-refractivity contribution is 14.1. The smallest absolute Gasteiger partial charge is 0.338 e. The minimum atomic E-state index is -0.951. The van der Waals surface area contributed by atoms with Crippen LogP contribution in [0.25, 0.3) is 6.08 Å². The number of esters is 1. The van der Waals surface area contributed by atoms with Crippen LogP contribution in [-0.2, 0) is 16.1 Å². The predicted molar refractivity (Wildman–Crippen MR) is 186 cm³/mol. The SMILES string of the molecule is CCOC(=O)C1=C(C)N=c2s/c(=C/c3cc(I)c(OCc4ccccc4Cl)c(I)c3)c(=O)n2[C@@H]1c1ccc(C)c([N+](=O)[O-])c1. The molecule has 0 spiro atoms. The van der Waals surface area contributed by atoms with Crippen molar-refractivity contribution in [1.82, 2.24) is 4.57 Å². The van der Waals surface area contributed by atoms with Crippen molar-refractivity contribution in [3.05, 3.63) is 130 Å². The average molecular weight is 856 g/mol. The number of halogens is 3. The van der Waals surface area contributed by atoms with E-state index in [9.17, 15) is 19.7 Å². The first-order chi connectivity index (χ1) is 21.0. The molecule has 226 valence electrons. The fraction of sp³-hybridized carbons (Fsp3) is 0.194. The molecule has 0 amide bonds. The number of carbonyl (C=O) groups excluding carboxylic acids is 1. The van der Waals surface area contributed by atoms with E-state index in [1.54, 1.807) is 39.0 Å². The Kier molecular flexibility index (Phi) is 9.92. The van der Waals surface area contributed by atoms with Gasteiger partial charge in [0.25, 0.3) is 11.2 Å². The molecule has 1 aliphatic heterocycles. The Bertz CT molecular complexity index is 2020. The maximum atomic E-state index is 14.0. The molecule has 0 radical (unpaired) electrons. The summed E-state index contributed by atoms with van der Waals surface area (Å²) < 4.78 is 14.9. The van der Waals surface area contributed by atoms with Crippen molar-refractivity contribution in [2.24, 2.45) is 4.99 Å². The van der Waals surface area contributed by atoms with Gasteiger partial charge in [0.05, 0.1) is 40.5 Å². The molecule has 3 aromatic carbocycles. The van der Waals surface area contributed by atoms with Gasteiger partial charge in [-0.3, -0.25) is 19.5 Å². The van der Waals surface area contributed by atoms with Crippen molar-refractivity contribution in [3.63, 3.8) is 0 Å². The summed E-state index contributed by atoms with van der Waals surface area (Å²) in [6.07, 6.45) is 1.77. The summed E-state index contributed by atoms with van der Waals surface area (Å²) in [5.74, 6) is 0.0770. The molecule has 1 aliphatic rings. The summed E-state index contributed by atoms with van der Waals surface area (Å²) in [5.41, 5.74) is 2.59. The molecule has 0 saturated heterocycles. The lowest BCUT2D eigenvalue weighted by Gasteiger charge is -2.24. The van der Waals surface area contributed by atoms with Crippen molar-refractivity contribution >= 4 is 85.9 Å². The Morgan fingerprint density at radius 2 is 1.86 bits per heavy atom. The number of benzene rings is 3. The zero-order chi connectivity index (χ0) is 31.7. The minimum absolute atomic E-state index is 0.108. The third-order valence-electron chi connectivity index (χ3n) is 6.91. The molecule has 0 N–H and O–H groups in total. The van der Waals surface area contributed by atoms with Crippen LogP contribution < -0.4 is 19.6 Å². The number of carbonyl (C=O) groups is 1. The van der Waals surface area contributed by atoms with Gasteiger partial charge in [0.1, 0.15) is 12.4 Å². The van der Waals surface area contributed by atoms with Crippen LogP contribution in [0.3, 0.4) is 0 Å². The molecule has 2 heterocycles. The summed E-state index contributed by atoms with van der Waals surface area (Å²) in [6.45, 7) is 5.42. The second kappa shape index (κ2) is 13.5. The molecule has 13 heteroatoms. The molecular weight excluding hydrogens is 832 g/mol. The number of aryl methyl sites for hydroxylation is 1. The van der Waals surface area contributed by atoms with E-state index in [1.807, 2.05) is 36.4 Å². The first-order valence-corrected chi connectivity index (χ1v) is 16.6. The molecule has 9 nitrogen and oxygen atoms in total. The highest BCUT2D eigenvalue weighted by atomic mass is 127. The number of nitro groups is 1. The van der Waals surface area contributed by atoms with E-state index >= 15 is 0 Å². The number of hydrogen-bond donors (Lipinski definition) is 0. The monoisotopic (exact) mass is 855 g/mol. The molecule has 0 aliphatic carbocycles. The topological polar surface area (TPSA) is 113 Å². The van der Waals surface area contributed by atoms with E-state index in [0.29, 0.717) is 43.5 Å². The largest absolute Gasteiger partial charge is 0.487 e. The number of rotatable bonds is 8. The predicted octanol–water partition coefficient (Wildman–Crippen LogP) is 6.46. The molecule has 0 saturated carbocycles. The van der Waals surface area contributed by atoms with Crippen LogP contribution in [-0.4, -0.2) is 22.1 Å². The zero-order valence-corrected chi connectivity index (χ0v) is 29.5. The Balaban J connectivity index is 1.60. The quantitative estimate of drug-likeness (QED) is 0.0872. The van der Waals surface area contributed by atoms with E-state index in [1.165, 1.54) is 22.0 Å². The van der Waals surface area contributed by atoms with E-state index in [4.69, 9.17) is 21.1 Å².